The molecule has 122 valence electrons. The van der Waals surface area contributed by atoms with E-state index in [1.54, 1.807) is 0 Å². The van der Waals surface area contributed by atoms with Crippen LogP contribution in [-0.4, -0.2) is 59.0 Å². The molecule has 0 aliphatic carbocycles. The van der Waals surface area contributed by atoms with Crippen molar-refractivity contribution in [1.29, 1.82) is 0 Å². The number of likely N-dealkylation sites (tertiary alicyclic amines) is 1. The van der Waals surface area contributed by atoms with Gasteiger partial charge in [-0.1, -0.05) is 0 Å². The molecule has 3 rings (SSSR count). The second-order valence-electron chi connectivity index (χ2n) is 6.54. The van der Waals surface area contributed by atoms with Crippen LogP contribution < -0.4 is 5.32 Å². The van der Waals surface area contributed by atoms with Crippen LogP contribution in [0.3, 0.4) is 0 Å². The van der Waals surface area contributed by atoms with Crippen molar-refractivity contribution < 1.29 is 9.53 Å². The monoisotopic (exact) mass is 306 g/mol. The Morgan fingerprint density at radius 3 is 2.86 bits per heavy atom. The van der Waals surface area contributed by atoms with E-state index in [1.807, 2.05) is 13.8 Å². The minimum atomic E-state index is -0.0883. The SMILES string of the molecule is Cc1cc(C)n(C2CN([C@H](C)C(=O)NC[C@H]3CCCO3)C2)n1. The van der Waals surface area contributed by atoms with Crippen LogP contribution in [0.25, 0.3) is 0 Å². The minimum absolute atomic E-state index is 0.0883. The Bertz CT molecular complexity index is 530. The Hall–Kier alpha value is -1.40. The molecule has 2 aliphatic heterocycles. The van der Waals surface area contributed by atoms with Crippen molar-refractivity contribution in [3.8, 4) is 0 Å². The van der Waals surface area contributed by atoms with E-state index in [9.17, 15) is 4.79 Å². The van der Waals surface area contributed by atoms with Crippen LogP contribution in [0.1, 0.15) is 37.2 Å². The first-order valence-corrected chi connectivity index (χ1v) is 8.20. The maximum Gasteiger partial charge on any atom is 0.237 e. The standard InChI is InChI=1S/C16H26N4O2/c1-11-7-12(2)20(18-11)14-9-19(10-14)13(3)16(21)17-8-15-5-4-6-22-15/h7,13-15H,4-6,8-10H2,1-3H3,(H,17,21)/t13-,15-/m1/s1. The number of carbonyl (C=O) groups is 1. The fourth-order valence-corrected chi connectivity index (χ4v) is 3.31. The zero-order valence-corrected chi connectivity index (χ0v) is 13.7. The highest BCUT2D eigenvalue weighted by Gasteiger charge is 2.35. The molecule has 0 spiro atoms. The molecule has 2 fully saturated rings. The van der Waals surface area contributed by atoms with E-state index in [0.717, 1.165) is 38.2 Å². The molecule has 1 N–H and O–H groups in total. The molecule has 6 nitrogen and oxygen atoms in total. The van der Waals surface area contributed by atoms with Crippen LogP contribution in [0.5, 0.6) is 0 Å². The topological polar surface area (TPSA) is 59.4 Å². The van der Waals surface area contributed by atoms with Crippen molar-refractivity contribution in [3.05, 3.63) is 17.5 Å². The molecule has 1 aromatic heterocycles. The minimum Gasteiger partial charge on any atom is -0.376 e. The number of carbonyl (C=O) groups excluding carboxylic acids is 1. The number of aryl methyl sites for hydroxylation is 2. The maximum absolute atomic E-state index is 12.2. The third kappa shape index (κ3) is 3.17. The maximum atomic E-state index is 12.2. The normalized spacial score (nSPS) is 24.2. The van der Waals surface area contributed by atoms with Crippen LogP contribution in [0, 0.1) is 13.8 Å². The number of amides is 1. The molecule has 2 atom stereocenters. The molecule has 6 heteroatoms. The molecule has 22 heavy (non-hydrogen) atoms. The van der Waals surface area contributed by atoms with Gasteiger partial charge in [-0.05, 0) is 39.7 Å². The third-order valence-corrected chi connectivity index (χ3v) is 4.74. The number of nitrogens with zero attached hydrogens (tertiary/aromatic N) is 3. The van der Waals surface area contributed by atoms with Crippen molar-refractivity contribution in [2.24, 2.45) is 0 Å². The Morgan fingerprint density at radius 2 is 2.27 bits per heavy atom. The summed E-state index contributed by atoms with van der Waals surface area (Å²) in [6, 6.07) is 2.40. The third-order valence-electron chi connectivity index (χ3n) is 4.74. The van der Waals surface area contributed by atoms with Gasteiger partial charge in [-0.15, -0.1) is 0 Å². The molecule has 2 aliphatic rings. The van der Waals surface area contributed by atoms with Crippen molar-refractivity contribution in [3.63, 3.8) is 0 Å². The molecule has 2 saturated heterocycles. The Labute approximate surface area is 131 Å². The first-order chi connectivity index (χ1) is 10.5. The predicted molar refractivity (Wildman–Crippen MR) is 83.8 cm³/mol. The fraction of sp³-hybridized carbons (Fsp3) is 0.750. The lowest BCUT2D eigenvalue weighted by Gasteiger charge is -2.42. The summed E-state index contributed by atoms with van der Waals surface area (Å²) in [5, 5.41) is 7.55. The smallest absolute Gasteiger partial charge is 0.237 e. The summed E-state index contributed by atoms with van der Waals surface area (Å²) in [7, 11) is 0. The predicted octanol–water partition coefficient (Wildman–Crippen LogP) is 1.04. The quantitative estimate of drug-likeness (QED) is 0.883. The van der Waals surface area contributed by atoms with Gasteiger partial charge < -0.3 is 10.1 Å². The number of rotatable bonds is 5. The number of hydrogen-bond donors (Lipinski definition) is 1. The first kappa shape index (κ1) is 15.5. The van der Waals surface area contributed by atoms with Crippen molar-refractivity contribution in [1.82, 2.24) is 20.0 Å². The van der Waals surface area contributed by atoms with Crippen LogP contribution in [0.4, 0.5) is 0 Å². The average molecular weight is 306 g/mol. The number of hydrogen-bond acceptors (Lipinski definition) is 4. The molecule has 0 unspecified atom stereocenters. The van der Waals surface area contributed by atoms with Gasteiger partial charge in [-0.2, -0.15) is 5.10 Å². The first-order valence-electron chi connectivity index (χ1n) is 8.20. The van der Waals surface area contributed by atoms with Crippen molar-refractivity contribution in [2.75, 3.05) is 26.2 Å². The summed E-state index contributed by atoms with van der Waals surface area (Å²) in [6.45, 7) is 9.31. The summed E-state index contributed by atoms with van der Waals surface area (Å²) in [4.78, 5) is 14.4. The molecule has 0 bridgehead atoms. The highest BCUT2D eigenvalue weighted by Crippen LogP contribution is 2.24. The lowest BCUT2D eigenvalue weighted by molar-refractivity contribution is -0.128. The number of aromatic nitrogens is 2. The van der Waals surface area contributed by atoms with E-state index in [-0.39, 0.29) is 18.1 Å². The van der Waals surface area contributed by atoms with Gasteiger partial charge in [0.1, 0.15) is 0 Å². The van der Waals surface area contributed by atoms with E-state index in [2.05, 4.69) is 33.0 Å². The van der Waals surface area contributed by atoms with Gasteiger partial charge in [0.2, 0.25) is 5.91 Å². The summed E-state index contributed by atoms with van der Waals surface area (Å²) >= 11 is 0. The summed E-state index contributed by atoms with van der Waals surface area (Å²) < 4.78 is 7.62. The zero-order chi connectivity index (χ0) is 15.7. The van der Waals surface area contributed by atoms with E-state index in [4.69, 9.17) is 4.74 Å². The molecule has 3 heterocycles. The van der Waals surface area contributed by atoms with Crippen LogP contribution in [-0.2, 0) is 9.53 Å². The highest BCUT2D eigenvalue weighted by molar-refractivity contribution is 5.81. The van der Waals surface area contributed by atoms with Crippen LogP contribution in [0.15, 0.2) is 6.07 Å². The van der Waals surface area contributed by atoms with Gasteiger partial charge in [-0.3, -0.25) is 14.4 Å². The average Bonchev–Trinajstić information content (AvgIpc) is 3.04. The lowest BCUT2D eigenvalue weighted by atomic mass is 10.1. The molecular weight excluding hydrogens is 280 g/mol. The van der Waals surface area contributed by atoms with Gasteiger partial charge in [0.25, 0.3) is 0 Å². The summed E-state index contributed by atoms with van der Waals surface area (Å²) in [5.74, 6) is 0.0994. The van der Waals surface area contributed by atoms with Crippen LogP contribution in [0.2, 0.25) is 0 Å². The van der Waals surface area contributed by atoms with Gasteiger partial charge in [0.15, 0.2) is 0 Å². The van der Waals surface area contributed by atoms with E-state index in [1.165, 1.54) is 5.69 Å². The van der Waals surface area contributed by atoms with Crippen molar-refractivity contribution in [2.45, 2.75) is 51.8 Å². The van der Waals surface area contributed by atoms with Gasteiger partial charge in [-0.25, -0.2) is 0 Å². The second-order valence-corrected chi connectivity index (χ2v) is 6.54. The van der Waals surface area contributed by atoms with E-state index in [0.29, 0.717) is 12.6 Å². The Morgan fingerprint density at radius 1 is 1.50 bits per heavy atom. The van der Waals surface area contributed by atoms with Gasteiger partial charge in [0, 0.05) is 31.9 Å². The highest BCUT2D eigenvalue weighted by atomic mass is 16.5. The fourth-order valence-electron chi connectivity index (χ4n) is 3.31. The summed E-state index contributed by atoms with van der Waals surface area (Å²) in [6.07, 6.45) is 2.36. The molecular formula is C16H26N4O2. The molecule has 1 aromatic rings. The molecule has 0 radical (unpaired) electrons. The van der Waals surface area contributed by atoms with Crippen molar-refractivity contribution >= 4 is 5.91 Å². The second kappa shape index (κ2) is 6.38. The molecule has 0 aromatic carbocycles. The Kier molecular flexibility index (Phi) is 4.49. The molecule has 1 amide bonds. The Balaban J connectivity index is 1.45. The number of nitrogens with one attached hydrogen (secondary N) is 1. The van der Waals surface area contributed by atoms with Gasteiger partial charge >= 0.3 is 0 Å². The van der Waals surface area contributed by atoms with Gasteiger partial charge in [0.05, 0.1) is 23.9 Å². The summed E-state index contributed by atoms with van der Waals surface area (Å²) in [5.41, 5.74) is 2.25. The van der Waals surface area contributed by atoms with E-state index < -0.39 is 0 Å². The zero-order valence-electron chi connectivity index (χ0n) is 13.7. The van der Waals surface area contributed by atoms with E-state index >= 15 is 0 Å². The van der Waals surface area contributed by atoms with Crippen LogP contribution >= 0.6 is 0 Å². The largest absolute Gasteiger partial charge is 0.376 e. The lowest BCUT2D eigenvalue weighted by Crippen LogP contribution is -2.57. The molecule has 0 saturated carbocycles. The number of ether oxygens (including phenoxy) is 1.